The molecule has 2 amide bonds. The van der Waals surface area contributed by atoms with Gasteiger partial charge in [-0.3, -0.25) is 14.5 Å². The van der Waals surface area contributed by atoms with Gasteiger partial charge in [-0.1, -0.05) is 48.0 Å². The van der Waals surface area contributed by atoms with Gasteiger partial charge in [-0.05, 0) is 113 Å². The van der Waals surface area contributed by atoms with Gasteiger partial charge in [0.1, 0.15) is 5.82 Å². The van der Waals surface area contributed by atoms with Gasteiger partial charge in [0.2, 0.25) is 5.91 Å². The Morgan fingerprint density at radius 2 is 1.62 bits per heavy atom. The van der Waals surface area contributed by atoms with Crippen molar-refractivity contribution in [2.24, 2.45) is 5.73 Å². The van der Waals surface area contributed by atoms with Crippen LogP contribution in [0.1, 0.15) is 94.2 Å². The van der Waals surface area contributed by atoms with E-state index in [-0.39, 0.29) is 11.3 Å². The maximum Gasteiger partial charge on any atom is 0.254 e. The van der Waals surface area contributed by atoms with Crippen molar-refractivity contribution in [2.75, 3.05) is 19.6 Å². The van der Waals surface area contributed by atoms with Crippen LogP contribution in [0.5, 0.6) is 0 Å². The molecule has 3 aliphatic rings. The monoisotopic (exact) mass is 603 g/mol. The number of aromatic nitrogens is 2. The van der Waals surface area contributed by atoms with E-state index < -0.39 is 5.91 Å². The predicted molar refractivity (Wildman–Crippen MR) is 179 cm³/mol. The molecule has 3 aromatic carbocycles. The molecule has 0 spiro atoms. The normalized spacial score (nSPS) is 23.0. The molecule has 4 heterocycles. The lowest BCUT2D eigenvalue weighted by atomic mass is 9.70. The Balaban J connectivity index is 1.08. The van der Waals surface area contributed by atoms with E-state index in [9.17, 15) is 9.59 Å². The number of aryl methyl sites for hydroxylation is 3. The van der Waals surface area contributed by atoms with Crippen LogP contribution in [0.15, 0.2) is 66.7 Å². The van der Waals surface area contributed by atoms with Gasteiger partial charge in [-0.25, -0.2) is 4.98 Å². The second-order valence-corrected chi connectivity index (χ2v) is 13.9. The number of fused-ring (bicyclic) bond motifs is 3. The average molecular weight is 604 g/mol. The summed E-state index contributed by atoms with van der Waals surface area (Å²) in [6.45, 7) is 8.76. The molecular formula is C38H45N5O2. The third-order valence-corrected chi connectivity index (χ3v) is 11.2. The Morgan fingerprint density at radius 1 is 0.889 bits per heavy atom. The van der Waals surface area contributed by atoms with Crippen LogP contribution in [0.2, 0.25) is 0 Å². The van der Waals surface area contributed by atoms with E-state index in [0.29, 0.717) is 42.3 Å². The highest BCUT2D eigenvalue weighted by Crippen LogP contribution is 2.45. The van der Waals surface area contributed by atoms with Gasteiger partial charge in [0.05, 0.1) is 11.0 Å². The van der Waals surface area contributed by atoms with Crippen LogP contribution in [0.25, 0.3) is 11.0 Å². The third kappa shape index (κ3) is 5.45. The van der Waals surface area contributed by atoms with Crippen molar-refractivity contribution in [3.63, 3.8) is 0 Å². The van der Waals surface area contributed by atoms with E-state index in [1.54, 1.807) is 12.1 Å². The number of para-hydroxylation sites is 2. The van der Waals surface area contributed by atoms with Crippen molar-refractivity contribution in [2.45, 2.75) is 89.3 Å². The van der Waals surface area contributed by atoms with E-state index in [1.807, 2.05) is 17.9 Å². The van der Waals surface area contributed by atoms with E-state index in [1.165, 1.54) is 42.3 Å². The van der Waals surface area contributed by atoms with Crippen LogP contribution < -0.4 is 5.73 Å². The molecule has 0 radical (unpaired) electrons. The Morgan fingerprint density at radius 3 is 2.33 bits per heavy atom. The molecule has 234 valence electrons. The Hall–Kier alpha value is -3.97. The fourth-order valence-electron chi connectivity index (χ4n) is 8.76. The molecule has 7 rings (SSSR count). The highest BCUT2D eigenvalue weighted by atomic mass is 16.2. The second-order valence-electron chi connectivity index (χ2n) is 13.9. The molecular weight excluding hydrogens is 558 g/mol. The first-order chi connectivity index (χ1) is 21.7. The second kappa shape index (κ2) is 11.8. The van der Waals surface area contributed by atoms with Gasteiger partial charge in [0.15, 0.2) is 0 Å². The molecule has 3 fully saturated rings. The molecule has 1 aromatic heterocycles. The molecule has 4 aromatic rings. The highest BCUT2D eigenvalue weighted by Gasteiger charge is 2.44. The van der Waals surface area contributed by atoms with Crippen LogP contribution >= 0.6 is 0 Å². The fraction of sp³-hybridized carbons (Fsp3) is 0.447. The molecule has 45 heavy (non-hydrogen) atoms. The number of carbonyl (C=O) groups is 2. The predicted octanol–water partition coefficient (Wildman–Crippen LogP) is 6.49. The zero-order chi connectivity index (χ0) is 31.3. The summed E-state index contributed by atoms with van der Waals surface area (Å²) < 4.78 is 2.51. The number of benzene rings is 3. The number of rotatable bonds is 7. The van der Waals surface area contributed by atoms with Gasteiger partial charge in [0.25, 0.3) is 5.91 Å². The standard InChI is InChI=1S/C38H45N5O2/c1-25-7-6-8-29(21-25)38(15-18-41(19-16-38)37(45)33-22-28(36(39)44)12-11-26(33)2)17-20-42-30-13-14-31(42)24-32(23-30)43-27(3)40-34-9-4-5-10-35(34)43/h4-12,21-22,30-32H,13-20,23-24H2,1-3H3,(H2,39,44)/t30-,31+,32+. The molecule has 2 bridgehead atoms. The molecule has 7 heteroatoms. The zero-order valence-corrected chi connectivity index (χ0v) is 26.8. The molecule has 0 saturated carbocycles. The molecule has 3 aliphatic heterocycles. The Kier molecular flexibility index (Phi) is 7.76. The smallest absolute Gasteiger partial charge is 0.254 e. The van der Waals surface area contributed by atoms with E-state index in [4.69, 9.17) is 10.7 Å². The van der Waals surface area contributed by atoms with E-state index >= 15 is 0 Å². The summed E-state index contributed by atoms with van der Waals surface area (Å²) in [4.78, 5) is 35.2. The number of nitrogens with zero attached hydrogens (tertiary/aromatic N) is 4. The third-order valence-electron chi connectivity index (χ3n) is 11.2. The van der Waals surface area contributed by atoms with Crippen molar-refractivity contribution in [3.05, 3.63) is 100 Å². The topological polar surface area (TPSA) is 84.5 Å². The van der Waals surface area contributed by atoms with Crippen LogP contribution in [0, 0.1) is 20.8 Å². The number of piperidine rings is 2. The van der Waals surface area contributed by atoms with Crippen LogP contribution in [-0.4, -0.2) is 62.9 Å². The number of nitrogens with two attached hydrogens (primary N) is 1. The van der Waals surface area contributed by atoms with Crippen molar-refractivity contribution >= 4 is 22.8 Å². The van der Waals surface area contributed by atoms with E-state index in [0.717, 1.165) is 42.7 Å². The van der Waals surface area contributed by atoms with Crippen LogP contribution in [0.4, 0.5) is 0 Å². The number of amides is 2. The molecule has 0 unspecified atom stereocenters. The summed E-state index contributed by atoms with van der Waals surface area (Å²) in [5, 5.41) is 0. The highest BCUT2D eigenvalue weighted by molar-refractivity contribution is 6.00. The number of carbonyl (C=O) groups excluding carboxylic acids is 2. The minimum Gasteiger partial charge on any atom is -0.366 e. The van der Waals surface area contributed by atoms with E-state index in [2.05, 4.69) is 71.8 Å². The molecule has 0 aliphatic carbocycles. The minimum atomic E-state index is -0.507. The largest absolute Gasteiger partial charge is 0.366 e. The van der Waals surface area contributed by atoms with Gasteiger partial charge >= 0.3 is 0 Å². The number of imidazole rings is 1. The molecule has 3 atom stereocenters. The lowest BCUT2D eigenvalue weighted by Crippen LogP contribution is -2.49. The SMILES string of the molecule is Cc1cccc(C2(CCN3[C@@H]4CC[C@H]3C[C@@H](n3c(C)nc5ccccc53)C4)CCN(C(=O)c3cc(C(N)=O)ccc3C)CC2)c1. The van der Waals surface area contributed by atoms with Crippen molar-refractivity contribution in [1.29, 1.82) is 0 Å². The quantitative estimate of drug-likeness (QED) is 0.262. The fourth-order valence-corrected chi connectivity index (χ4v) is 8.76. The first-order valence-electron chi connectivity index (χ1n) is 16.7. The maximum atomic E-state index is 13.7. The average Bonchev–Trinajstić information content (AvgIpc) is 3.50. The van der Waals surface area contributed by atoms with Gasteiger partial charge < -0.3 is 15.2 Å². The summed E-state index contributed by atoms with van der Waals surface area (Å²) in [5.41, 5.74) is 12.5. The number of hydrogen-bond acceptors (Lipinski definition) is 4. The summed E-state index contributed by atoms with van der Waals surface area (Å²) in [6, 6.07) is 24.5. The van der Waals surface area contributed by atoms with Gasteiger partial charge in [-0.15, -0.1) is 0 Å². The summed E-state index contributed by atoms with van der Waals surface area (Å²) in [5.74, 6) is 0.619. The maximum absolute atomic E-state index is 13.7. The van der Waals surface area contributed by atoms with Crippen LogP contribution in [-0.2, 0) is 5.41 Å². The number of hydrogen-bond donors (Lipinski definition) is 1. The molecule has 7 nitrogen and oxygen atoms in total. The lowest BCUT2D eigenvalue weighted by Gasteiger charge is -2.46. The van der Waals surface area contributed by atoms with Crippen molar-refractivity contribution in [1.82, 2.24) is 19.4 Å². The summed E-state index contributed by atoms with van der Waals surface area (Å²) in [7, 11) is 0. The van der Waals surface area contributed by atoms with Crippen molar-refractivity contribution in [3.8, 4) is 0 Å². The Labute approximate surface area is 266 Å². The summed E-state index contributed by atoms with van der Waals surface area (Å²) >= 11 is 0. The number of likely N-dealkylation sites (tertiary alicyclic amines) is 1. The zero-order valence-electron chi connectivity index (χ0n) is 26.8. The van der Waals surface area contributed by atoms with Gasteiger partial charge in [0, 0.05) is 42.3 Å². The minimum absolute atomic E-state index is 0.00382. The summed E-state index contributed by atoms with van der Waals surface area (Å²) in [6.07, 6.45) is 7.87. The molecule has 3 saturated heterocycles. The molecule has 2 N–H and O–H groups in total. The Bertz CT molecular complexity index is 1740. The first-order valence-corrected chi connectivity index (χ1v) is 16.7. The van der Waals surface area contributed by atoms with Crippen LogP contribution in [0.3, 0.4) is 0 Å². The van der Waals surface area contributed by atoms with Crippen molar-refractivity contribution < 1.29 is 9.59 Å². The van der Waals surface area contributed by atoms with Gasteiger partial charge in [-0.2, -0.15) is 0 Å². The lowest BCUT2D eigenvalue weighted by molar-refractivity contribution is 0.0606. The number of primary amides is 1. The first kappa shape index (κ1) is 29.7.